The standard InChI is InChI=1S/C17H18N4/c1-2-14-7-3-4-8-15(14)11-19-16-9-5-6-10-17(16)21-13-18-12-20-21/h3-10,12-13,19H,2,11H2,1H3. The second-order valence-electron chi connectivity index (χ2n) is 4.83. The predicted molar refractivity (Wildman–Crippen MR) is 84.5 cm³/mol. The van der Waals surface area contributed by atoms with Gasteiger partial charge in [-0.25, -0.2) is 9.67 Å². The molecule has 1 aromatic heterocycles. The first-order chi connectivity index (χ1) is 10.4. The van der Waals surface area contributed by atoms with Gasteiger partial charge in [0.05, 0.1) is 11.4 Å². The zero-order chi connectivity index (χ0) is 14.5. The predicted octanol–water partition coefficient (Wildman–Crippen LogP) is 3.44. The Morgan fingerprint density at radius 1 is 1.00 bits per heavy atom. The van der Waals surface area contributed by atoms with E-state index < -0.39 is 0 Å². The van der Waals surface area contributed by atoms with E-state index >= 15 is 0 Å². The van der Waals surface area contributed by atoms with Gasteiger partial charge in [-0.05, 0) is 29.7 Å². The first-order valence-electron chi connectivity index (χ1n) is 7.13. The van der Waals surface area contributed by atoms with E-state index in [2.05, 4.69) is 52.7 Å². The quantitative estimate of drug-likeness (QED) is 0.777. The van der Waals surface area contributed by atoms with Crippen molar-refractivity contribution in [3.63, 3.8) is 0 Å². The number of nitrogens with one attached hydrogen (secondary N) is 1. The summed E-state index contributed by atoms with van der Waals surface area (Å²) in [7, 11) is 0. The van der Waals surface area contributed by atoms with Gasteiger partial charge in [0, 0.05) is 6.54 Å². The Morgan fingerprint density at radius 3 is 2.52 bits per heavy atom. The van der Waals surface area contributed by atoms with Crippen LogP contribution in [0.5, 0.6) is 0 Å². The number of benzene rings is 2. The Bertz CT molecular complexity index is 704. The molecule has 0 unspecified atom stereocenters. The number of anilines is 1. The summed E-state index contributed by atoms with van der Waals surface area (Å²) in [6, 6.07) is 16.6. The summed E-state index contributed by atoms with van der Waals surface area (Å²) in [4.78, 5) is 4.01. The van der Waals surface area contributed by atoms with Crippen LogP contribution in [0.1, 0.15) is 18.1 Å². The highest BCUT2D eigenvalue weighted by atomic mass is 15.3. The Morgan fingerprint density at radius 2 is 1.76 bits per heavy atom. The summed E-state index contributed by atoms with van der Waals surface area (Å²) in [5.74, 6) is 0. The van der Waals surface area contributed by atoms with Gasteiger partial charge in [0.15, 0.2) is 0 Å². The topological polar surface area (TPSA) is 42.7 Å². The Kier molecular flexibility index (Phi) is 3.96. The Hall–Kier alpha value is -2.62. The van der Waals surface area contributed by atoms with Gasteiger partial charge < -0.3 is 5.32 Å². The number of hydrogen-bond donors (Lipinski definition) is 1. The third-order valence-electron chi connectivity index (χ3n) is 3.54. The van der Waals surface area contributed by atoms with Crippen LogP contribution >= 0.6 is 0 Å². The van der Waals surface area contributed by atoms with E-state index in [0.29, 0.717) is 0 Å². The van der Waals surface area contributed by atoms with E-state index in [4.69, 9.17) is 0 Å². The van der Waals surface area contributed by atoms with E-state index in [0.717, 1.165) is 24.3 Å². The van der Waals surface area contributed by atoms with Gasteiger partial charge in [-0.3, -0.25) is 0 Å². The summed E-state index contributed by atoms with van der Waals surface area (Å²) in [5.41, 5.74) is 4.76. The van der Waals surface area contributed by atoms with Crippen molar-refractivity contribution in [1.29, 1.82) is 0 Å². The zero-order valence-corrected chi connectivity index (χ0v) is 12.0. The zero-order valence-electron chi connectivity index (χ0n) is 12.0. The molecule has 4 nitrogen and oxygen atoms in total. The van der Waals surface area contributed by atoms with Crippen LogP contribution in [0, 0.1) is 0 Å². The lowest BCUT2D eigenvalue weighted by molar-refractivity contribution is 0.877. The number of rotatable bonds is 5. The van der Waals surface area contributed by atoms with Crippen LogP contribution in [0.2, 0.25) is 0 Å². The fourth-order valence-corrected chi connectivity index (χ4v) is 2.42. The molecule has 0 saturated carbocycles. The summed E-state index contributed by atoms with van der Waals surface area (Å²) >= 11 is 0. The maximum Gasteiger partial charge on any atom is 0.138 e. The van der Waals surface area contributed by atoms with Crippen molar-refractivity contribution in [3.05, 3.63) is 72.3 Å². The molecular formula is C17H18N4. The molecule has 0 saturated heterocycles. The van der Waals surface area contributed by atoms with Gasteiger partial charge in [-0.1, -0.05) is 43.3 Å². The molecular weight excluding hydrogens is 260 g/mol. The maximum absolute atomic E-state index is 4.20. The smallest absolute Gasteiger partial charge is 0.138 e. The highest BCUT2D eigenvalue weighted by Crippen LogP contribution is 2.20. The number of nitrogens with zero attached hydrogens (tertiary/aromatic N) is 3. The number of aromatic nitrogens is 3. The van der Waals surface area contributed by atoms with Gasteiger partial charge in [0.2, 0.25) is 0 Å². The molecule has 0 aliphatic rings. The molecule has 0 atom stereocenters. The van der Waals surface area contributed by atoms with Gasteiger partial charge >= 0.3 is 0 Å². The molecule has 4 heteroatoms. The average Bonchev–Trinajstić information content (AvgIpc) is 3.08. The van der Waals surface area contributed by atoms with Crippen molar-refractivity contribution < 1.29 is 0 Å². The average molecular weight is 278 g/mol. The molecule has 0 aliphatic carbocycles. The largest absolute Gasteiger partial charge is 0.379 e. The first kappa shape index (κ1) is 13.4. The summed E-state index contributed by atoms with van der Waals surface area (Å²) < 4.78 is 1.77. The number of para-hydroxylation sites is 2. The SMILES string of the molecule is CCc1ccccc1CNc1ccccc1-n1cncn1. The lowest BCUT2D eigenvalue weighted by atomic mass is 10.1. The minimum absolute atomic E-state index is 0.801. The minimum atomic E-state index is 0.801. The van der Waals surface area contributed by atoms with Crippen molar-refractivity contribution in [3.8, 4) is 5.69 Å². The Labute approximate surface area is 124 Å². The van der Waals surface area contributed by atoms with Crippen molar-refractivity contribution in [1.82, 2.24) is 14.8 Å². The Balaban J connectivity index is 1.83. The molecule has 1 heterocycles. The van der Waals surface area contributed by atoms with Crippen LogP contribution in [-0.4, -0.2) is 14.8 Å². The van der Waals surface area contributed by atoms with Gasteiger partial charge in [-0.2, -0.15) is 5.10 Å². The molecule has 1 N–H and O–H groups in total. The van der Waals surface area contributed by atoms with Crippen LogP contribution in [0.3, 0.4) is 0 Å². The van der Waals surface area contributed by atoms with E-state index in [9.17, 15) is 0 Å². The highest BCUT2D eigenvalue weighted by Gasteiger charge is 2.05. The molecule has 0 amide bonds. The lowest BCUT2D eigenvalue weighted by Gasteiger charge is -2.13. The molecule has 106 valence electrons. The second-order valence-corrected chi connectivity index (χ2v) is 4.83. The van der Waals surface area contributed by atoms with Gasteiger partial charge in [0.25, 0.3) is 0 Å². The molecule has 0 fully saturated rings. The number of hydrogen-bond acceptors (Lipinski definition) is 3. The van der Waals surface area contributed by atoms with Crippen molar-refractivity contribution in [2.45, 2.75) is 19.9 Å². The van der Waals surface area contributed by atoms with E-state index in [-0.39, 0.29) is 0 Å². The monoisotopic (exact) mass is 278 g/mol. The maximum atomic E-state index is 4.20. The molecule has 0 aliphatic heterocycles. The van der Waals surface area contributed by atoms with E-state index in [1.807, 2.05) is 18.2 Å². The van der Waals surface area contributed by atoms with Crippen LogP contribution in [0.15, 0.2) is 61.2 Å². The molecule has 0 radical (unpaired) electrons. The van der Waals surface area contributed by atoms with Gasteiger partial charge in [0.1, 0.15) is 12.7 Å². The van der Waals surface area contributed by atoms with Crippen LogP contribution in [0.25, 0.3) is 5.69 Å². The minimum Gasteiger partial charge on any atom is -0.379 e. The molecule has 3 rings (SSSR count). The summed E-state index contributed by atoms with van der Waals surface area (Å²) in [5, 5.41) is 7.71. The first-order valence-corrected chi connectivity index (χ1v) is 7.13. The van der Waals surface area contributed by atoms with Gasteiger partial charge in [-0.15, -0.1) is 0 Å². The molecule has 0 bridgehead atoms. The van der Waals surface area contributed by atoms with E-state index in [1.165, 1.54) is 11.1 Å². The normalized spacial score (nSPS) is 10.5. The molecule has 0 spiro atoms. The summed E-state index contributed by atoms with van der Waals surface area (Å²) in [6.07, 6.45) is 4.30. The molecule has 21 heavy (non-hydrogen) atoms. The lowest BCUT2D eigenvalue weighted by Crippen LogP contribution is -2.06. The molecule has 3 aromatic rings. The van der Waals surface area contributed by atoms with Crippen molar-refractivity contribution >= 4 is 5.69 Å². The van der Waals surface area contributed by atoms with Crippen LogP contribution in [-0.2, 0) is 13.0 Å². The van der Waals surface area contributed by atoms with Crippen molar-refractivity contribution in [2.75, 3.05) is 5.32 Å². The summed E-state index contributed by atoms with van der Waals surface area (Å²) in [6.45, 7) is 2.98. The second kappa shape index (κ2) is 6.22. The fourth-order valence-electron chi connectivity index (χ4n) is 2.42. The molecule has 2 aromatic carbocycles. The van der Waals surface area contributed by atoms with Crippen LogP contribution in [0.4, 0.5) is 5.69 Å². The highest BCUT2D eigenvalue weighted by molar-refractivity contribution is 5.60. The van der Waals surface area contributed by atoms with Crippen molar-refractivity contribution in [2.24, 2.45) is 0 Å². The van der Waals surface area contributed by atoms with Crippen LogP contribution < -0.4 is 5.32 Å². The number of aryl methyl sites for hydroxylation is 1. The fraction of sp³-hybridized carbons (Fsp3) is 0.176. The third kappa shape index (κ3) is 2.94. The van der Waals surface area contributed by atoms with E-state index in [1.54, 1.807) is 17.3 Å². The third-order valence-corrected chi connectivity index (χ3v) is 3.54.